The van der Waals surface area contributed by atoms with Crippen LogP contribution in [-0.2, 0) is 16.1 Å². The maximum Gasteiger partial charge on any atom is 0.338 e. The van der Waals surface area contributed by atoms with E-state index in [1.807, 2.05) is 12.1 Å². The largest absolute Gasteiger partial charge is 0.489 e. The van der Waals surface area contributed by atoms with Gasteiger partial charge in [-0.15, -0.1) is 0 Å². The van der Waals surface area contributed by atoms with E-state index in [4.69, 9.17) is 9.47 Å². The van der Waals surface area contributed by atoms with Gasteiger partial charge in [0.1, 0.15) is 12.4 Å². The summed E-state index contributed by atoms with van der Waals surface area (Å²) in [6.45, 7) is 2.25. The highest BCUT2D eigenvalue weighted by molar-refractivity contribution is 8.18. The van der Waals surface area contributed by atoms with E-state index in [1.165, 1.54) is 28.8 Å². The van der Waals surface area contributed by atoms with Crippen molar-refractivity contribution in [2.75, 3.05) is 13.7 Å². The summed E-state index contributed by atoms with van der Waals surface area (Å²) >= 11 is 1.26. The topological polar surface area (TPSA) is 111 Å². The van der Waals surface area contributed by atoms with Crippen molar-refractivity contribution in [3.8, 4) is 5.75 Å². The number of amidine groups is 1. The molecule has 0 aromatic heterocycles. The lowest BCUT2D eigenvalue weighted by Gasteiger charge is -2.07. The fraction of sp³-hybridized carbons (Fsp3) is 0.148. The first-order valence-corrected chi connectivity index (χ1v) is 12.2. The molecule has 0 unspecified atom stereocenters. The van der Waals surface area contributed by atoms with Gasteiger partial charge in [0.05, 0.1) is 27.7 Å². The Morgan fingerprint density at radius 2 is 1.84 bits per heavy atom. The molecular weight excluding hydrogens is 494 g/mol. The predicted molar refractivity (Wildman–Crippen MR) is 142 cm³/mol. The number of carbonyl (C=O) groups excluding carboxylic acids is 2. The van der Waals surface area contributed by atoms with Crippen molar-refractivity contribution in [3.63, 3.8) is 0 Å². The molecule has 1 amide bonds. The number of carbonyl (C=O) groups is 2. The number of rotatable bonds is 8. The molecule has 1 aliphatic rings. The van der Waals surface area contributed by atoms with Crippen molar-refractivity contribution in [1.82, 2.24) is 4.90 Å². The molecule has 1 aliphatic heterocycles. The van der Waals surface area contributed by atoms with Crippen LogP contribution in [0.2, 0.25) is 0 Å². The Hall–Kier alpha value is -4.44. The van der Waals surface area contributed by atoms with Crippen LogP contribution in [0.3, 0.4) is 0 Å². The summed E-state index contributed by atoms with van der Waals surface area (Å²) < 4.78 is 10.7. The molecule has 0 atom stereocenters. The Bertz CT molecular complexity index is 1380. The number of nitro benzene ring substituents is 1. The summed E-state index contributed by atoms with van der Waals surface area (Å²) in [6, 6.07) is 20.2. The highest BCUT2D eigenvalue weighted by Crippen LogP contribution is 2.33. The quantitative estimate of drug-likeness (QED) is 0.166. The Labute approximate surface area is 217 Å². The molecule has 10 heteroatoms. The second kappa shape index (κ2) is 11.5. The van der Waals surface area contributed by atoms with E-state index < -0.39 is 10.9 Å². The van der Waals surface area contributed by atoms with Crippen molar-refractivity contribution >= 4 is 46.3 Å². The van der Waals surface area contributed by atoms with Crippen molar-refractivity contribution in [1.29, 1.82) is 0 Å². The second-order valence-corrected chi connectivity index (χ2v) is 8.93. The molecule has 0 aliphatic carbocycles. The van der Waals surface area contributed by atoms with Gasteiger partial charge in [-0.1, -0.05) is 24.3 Å². The van der Waals surface area contributed by atoms with Crippen LogP contribution in [0.4, 0.5) is 11.4 Å². The van der Waals surface area contributed by atoms with Crippen molar-refractivity contribution < 1.29 is 24.0 Å². The standard InChI is InChI=1S/C27H23N3O6S/c1-3-35-26(32)20-9-11-21(12-10-20)28-27-29(2)25(31)24(37-27)16-18-7-13-23(14-8-18)36-17-19-5-4-6-22(15-19)30(33)34/h4-16H,3,17H2,1-2H3. The number of esters is 1. The second-order valence-electron chi connectivity index (χ2n) is 7.92. The summed E-state index contributed by atoms with van der Waals surface area (Å²) in [7, 11) is 1.66. The lowest BCUT2D eigenvalue weighted by molar-refractivity contribution is -0.384. The van der Waals surface area contributed by atoms with Gasteiger partial charge in [0.15, 0.2) is 5.17 Å². The van der Waals surface area contributed by atoms with E-state index in [0.717, 1.165) is 5.56 Å². The van der Waals surface area contributed by atoms with E-state index in [1.54, 1.807) is 68.6 Å². The molecule has 0 bridgehead atoms. The van der Waals surface area contributed by atoms with Gasteiger partial charge < -0.3 is 9.47 Å². The SMILES string of the molecule is CCOC(=O)c1ccc(N=C2SC(=Cc3ccc(OCc4cccc([N+](=O)[O-])c4)cc3)C(=O)N2C)cc1. The van der Waals surface area contributed by atoms with Gasteiger partial charge in [-0.3, -0.25) is 19.8 Å². The number of likely N-dealkylation sites (N-methyl/N-ethyl adjacent to an activating group) is 1. The molecule has 0 saturated carbocycles. The van der Waals surface area contributed by atoms with Gasteiger partial charge in [0, 0.05) is 19.2 Å². The zero-order chi connectivity index (χ0) is 26.4. The maximum atomic E-state index is 12.7. The summed E-state index contributed by atoms with van der Waals surface area (Å²) in [5.74, 6) is 0.0394. The Kier molecular flexibility index (Phi) is 7.99. The zero-order valence-electron chi connectivity index (χ0n) is 20.1. The molecule has 1 saturated heterocycles. The third-order valence-electron chi connectivity index (χ3n) is 5.31. The summed E-state index contributed by atoms with van der Waals surface area (Å²) in [4.78, 5) is 41.6. The van der Waals surface area contributed by atoms with Crippen LogP contribution in [0, 0.1) is 10.1 Å². The van der Waals surface area contributed by atoms with Crippen LogP contribution in [0.15, 0.2) is 82.7 Å². The molecule has 3 aromatic carbocycles. The molecule has 0 spiro atoms. The first kappa shape index (κ1) is 25.6. The number of amides is 1. The average Bonchev–Trinajstić information content (AvgIpc) is 3.16. The number of ether oxygens (including phenoxy) is 2. The van der Waals surface area contributed by atoms with Gasteiger partial charge in [0.25, 0.3) is 11.6 Å². The molecule has 3 aromatic rings. The summed E-state index contributed by atoms with van der Waals surface area (Å²) in [5, 5.41) is 11.4. The van der Waals surface area contributed by atoms with E-state index in [0.29, 0.717) is 39.2 Å². The number of nitro groups is 1. The minimum Gasteiger partial charge on any atom is -0.489 e. The summed E-state index contributed by atoms with van der Waals surface area (Å²) in [5.41, 5.74) is 2.57. The number of benzene rings is 3. The first-order valence-electron chi connectivity index (χ1n) is 11.3. The maximum absolute atomic E-state index is 12.7. The minimum atomic E-state index is -0.441. The molecule has 1 fully saturated rings. The van der Waals surface area contributed by atoms with Crippen LogP contribution < -0.4 is 4.74 Å². The van der Waals surface area contributed by atoms with Crippen LogP contribution in [0.5, 0.6) is 5.75 Å². The molecule has 4 rings (SSSR count). The number of nitrogens with zero attached hydrogens (tertiary/aromatic N) is 3. The molecule has 9 nitrogen and oxygen atoms in total. The van der Waals surface area contributed by atoms with E-state index in [2.05, 4.69) is 4.99 Å². The Balaban J connectivity index is 1.41. The Morgan fingerprint density at radius 1 is 1.11 bits per heavy atom. The molecule has 0 N–H and O–H groups in total. The van der Waals surface area contributed by atoms with Crippen LogP contribution in [0.1, 0.15) is 28.4 Å². The summed E-state index contributed by atoms with van der Waals surface area (Å²) in [6.07, 6.45) is 1.78. The smallest absolute Gasteiger partial charge is 0.338 e. The van der Waals surface area contributed by atoms with Gasteiger partial charge in [-0.05, 0) is 72.3 Å². The third kappa shape index (κ3) is 6.42. The predicted octanol–water partition coefficient (Wildman–Crippen LogP) is 5.58. The van der Waals surface area contributed by atoms with Crippen LogP contribution in [-0.4, -0.2) is 40.5 Å². The average molecular weight is 518 g/mol. The highest BCUT2D eigenvalue weighted by Gasteiger charge is 2.30. The fourth-order valence-corrected chi connectivity index (χ4v) is 4.37. The van der Waals surface area contributed by atoms with E-state index in [9.17, 15) is 19.7 Å². The molecular formula is C27H23N3O6S. The normalized spacial score (nSPS) is 15.3. The van der Waals surface area contributed by atoms with E-state index >= 15 is 0 Å². The molecule has 1 heterocycles. The number of thioether (sulfide) groups is 1. The highest BCUT2D eigenvalue weighted by atomic mass is 32.2. The first-order chi connectivity index (χ1) is 17.8. The fourth-order valence-electron chi connectivity index (χ4n) is 3.39. The molecule has 188 valence electrons. The monoisotopic (exact) mass is 517 g/mol. The lowest BCUT2D eigenvalue weighted by Crippen LogP contribution is -2.23. The van der Waals surface area contributed by atoms with Crippen LogP contribution >= 0.6 is 11.8 Å². The number of non-ortho nitro benzene ring substituents is 1. The lowest BCUT2D eigenvalue weighted by atomic mass is 10.2. The number of hydrogen-bond donors (Lipinski definition) is 0. The molecule has 0 radical (unpaired) electrons. The Morgan fingerprint density at radius 3 is 2.51 bits per heavy atom. The number of hydrogen-bond acceptors (Lipinski definition) is 8. The van der Waals surface area contributed by atoms with Crippen molar-refractivity contribution in [3.05, 3.63) is 105 Å². The third-order valence-corrected chi connectivity index (χ3v) is 6.37. The van der Waals surface area contributed by atoms with Gasteiger partial charge >= 0.3 is 5.97 Å². The van der Waals surface area contributed by atoms with Crippen molar-refractivity contribution in [2.24, 2.45) is 4.99 Å². The van der Waals surface area contributed by atoms with Gasteiger partial charge in [0.2, 0.25) is 0 Å². The van der Waals surface area contributed by atoms with Crippen molar-refractivity contribution in [2.45, 2.75) is 13.5 Å². The van der Waals surface area contributed by atoms with Gasteiger partial charge in [-0.25, -0.2) is 9.79 Å². The van der Waals surface area contributed by atoms with Gasteiger partial charge in [-0.2, -0.15) is 0 Å². The number of aliphatic imine (C=N–C) groups is 1. The zero-order valence-corrected chi connectivity index (χ0v) is 20.9. The molecule has 37 heavy (non-hydrogen) atoms. The minimum absolute atomic E-state index is 0.0170. The van der Waals surface area contributed by atoms with Crippen LogP contribution in [0.25, 0.3) is 6.08 Å². The van der Waals surface area contributed by atoms with E-state index in [-0.39, 0.29) is 18.2 Å².